The molecule has 2 rings (SSSR count). The highest BCUT2D eigenvalue weighted by Gasteiger charge is 2.26. The molecule has 0 amide bonds. The normalized spacial score (nSPS) is 24.3. The first-order chi connectivity index (χ1) is 7.27. The zero-order chi connectivity index (χ0) is 10.7. The number of likely N-dealkylation sites (tertiary alicyclic amines) is 1. The molecule has 2 atom stereocenters. The molecule has 1 aromatic carbocycles. The highest BCUT2D eigenvalue weighted by atomic mass is 15.2. The average molecular weight is 204 g/mol. The number of hydrogen-bond donors (Lipinski definition) is 1. The van der Waals surface area contributed by atoms with E-state index in [-0.39, 0.29) is 6.04 Å². The Kier molecular flexibility index (Phi) is 3.39. The first-order valence-electron chi connectivity index (χ1n) is 5.81. The molecule has 82 valence electrons. The van der Waals surface area contributed by atoms with Gasteiger partial charge in [0.15, 0.2) is 0 Å². The number of nitrogens with zero attached hydrogens (tertiary/aromatic N) is 1. The molecule has 15 heavy (non-hydrogen) atoms. The van der Waals surface area contributed by atoms with E-state index < -0.39 is 0 Å². The second kappa shape index (κ2) is 4.77. The minimum absolute atomic E-state index is 0.288. The quantitative estimate of drug-likeness (QED) is 0.816. The van der Waals surface area contributed by atoms with Crippen LogP contribution in [0.15, 0.2) is 30.3 Å². The van der Waals surface area contributed by atoms with Gasteiger partial charge in [-0.25, -0.2) is 0 Å². The third kappa shape index (κ3) is 2.58. The molecule has 0 aliphatic carbocycles. The lowest BCUT2D eigenvalue weighted by molar-refractivity contribution is 0.222. The number of nitrogens with two attached hydrogens (primary N) is 1. The van der Waals surface area contributed by atoms with Gasteiger partial charge in [0.1, 0.15) is 0 Å². The Balaban J connectivity index is 2.00. The zero-order valence-corrected chi connectivity index (χ0v) is 9.39. The van der Waals surface area contributed by atoms with Gasteiger partial charge in [-0.3, -0.25) is 4.90 Å². The lowest BCUT2D eigenvalue weighted by atomic mass is 10.1. The molecule has 0 bridgehead atoms. The van der Waals surface area contributed by atoms with Crippen molar-refractivity contribution in [2.24, 2.45) is 5.73 Å². The van der Waals surface area contributed by atoms with Crippen LogP contribution in [-0.4, -0.2) is 23.5 Å². The van der Waals surface area contributed by atoms with Gasteiger partial charge in [-0.1, -0.05) is 30.3 Å². The molecule has 1 aromatic rings. The highest BCUT2D eigenvalue weighted by Crippen LogP contribution is 2.21. The van der Waals surface area contributed by atoms with Gasteiger partial charge in [-0.05, 0) is 31.9 Å². The Morgan fingerprint density at radius 1 is 1.40 bits per heavy atom. The average Bonchev–Trinajstić information content (AvgIpc) is 2.67. The monoisotopic (exact) mass is 204 g/mol. The van der Waals surface area contributed by atoms with Crippen molar-refractivity contribution < 1.29 is 0 Å². The minimum atomic E-state index is 0.288. The molecule has 1 heterocycles. The molecule has 0 spiro atoms. The molecule has 1 aliphatic rings. The van der Waals surface area contributed by atoms with Crippen molar-refractivity contribution in [1.29, 1.82) is 0 Å². The van der Waals surface area contributed by atoms with Crippen LogP contribution < -0.4 is 5.73 Å². The molecule has 0 saturated carbocycles. The maximum atomic E-state index is 6.00. The van der Waals surface area contributed by atoms with Gasteiger partial charge in [-0.15, -0.1) is 0 Å². The molecule has 1 aliphatic heterocycles. The van der Waals surface area contributed by atoms with Crippen molar-refractivity contribution in [3.8, 4) is 0 Å². The highest BCUT2D eigenvalue weighted by molar-refractivity contribution is 5.14. The van der Waals surface area contributed by atoms with Gasteiger partial charge in [0, 0.05) is 18.6 Å². The van der Waals surface area contributed by atoms with Gasteiger partial charge in [0.2, 0.25) is 0 Å². The standard InChI is InChI=1S/C13H20N2/c1-11(14)13-8-5-9-15(13)10-12-6-3-2-4-7-12/h2-4,6-7,11,13H,5,8-10,14H2,1H3/t11-,13?/m0/s1. The van der Waals surface area contributed by atoms with E-state index in [4.69, 9.17) is 5.73 Å². The first-order valence-corrected chi connectivity index (χ1v) is 5.81. The summed E-state index contributed by atoms with van der Waals surface area (Å²) in [6.45, 7) is 4.36. The fraction of sp³-hybridized carbons (Fsp3) is 0.538. The van der Waals surface area contributed by atoms with Crippen LogP contribution in [0.1, 0.15) is 25.3 Å². The molecule has 1 unspecified atom stereocenters. The molecule has 1 fully saturated rings. The van der Waals surface area contributed by atoms with Crippen molar-refractivity contribution in [2.75, 3.05) is 6.54 Å². The van der Waals surface area contributed by atoms with Gasteiger partial charge in [0.05, 0.1) is 0 Å². The fourth-order valence-corrected chi connectivity index (χ4v) is 2.46. The maximum Gasteiger partial charge on any atom is 0.0248 e. The Labute approximate surface area is 92.1 Å². The third-order valence-electron chi connectivity index (χ3n) is 3.25. The fourth-order valence-electron chi connectivity index (χ4n) is 2.46. The first kappa shape index (κ1) is 10.7. The SMILES string of the molecule is C[C@H](N)C1CCCN1Cc1ccccc1. The van der Waals surface area contributed by atoms with Gasteiger partial charge >= 0.3 is 0 Å². The van der Waals surface area contributed by atoms with Crippen LogP contribution in [0, 0.1) is 0 Å². The van der Waals surface area contributed by atoms with E-state index in [1.54, 1.807) is 0 Å². The van der Waals surface area contributed by atoms with E-state index in [0.717, 1.165) is 6.54 Å². The smallest absolute Gasteiger partial charge is 0.0248 e. The van der Waals surface area contributed by atoms with Crippen molar-refractivity contribution in [1.82, 2.24) is 4.90 Å². The summed E-state index contributed by atoms with van der Waals surface area (Å²) < 4.78 is 0. The van der Waals surface area contributed by atoms with E-state index in [1.807, 2.05) is 0 Å². The van der Waals surface area contributed by atoms with Crippen LogP contribution >= 0.6 is 0 Å². The summed E-state index contributed by atoms with van der Waals surface area (Å²) in [6, 6.07) is 11.5. The summed E-state index contributed by atoms with van der Waals surface area (Å²) in [5, 5.41) is 0. The summed E-state index contributed by atoms with van der Waals surface area (Å²) in [5.74, 6) is 0. The van der Waals surface area contributed by atoms with Crippen molar-refractivity contribution in [3.63, 3.8) is 0 Å². The molecule has 0 radical (unpaired) electrons. The van der Waals surface area contributed by atoms with Crippen LogP contribution in [0.2, 0.25) is 0 Å². The summed E-state index contributed by atoms with van der Waals surface area (Å²) in [7, 11) is 0. The molecular formula is C13H20N2. The second-order valence-corrected chi connectivity index (χ2v) is 4.52. The molecule has 2 heteroatoms. The summed E-state index contributed by atoms with van der Waals surface area (Å²) in [6.07, 6.45) is 2.55. The molecule has 1 saturated heterocycles. The van der Waals surface area contributed by atoms with E-state index in [1.165, 1.54) is 24.9 Å². The number of benzene rings is 1. The summed E-state index contributed by atoms with van der Waals surface area (Å²) >= 11 is 0. The lowest BCUT2D eigenvalue weighted by Crippen LogP contribution is -2.41. The van der Waals surface area contributed by atoms with Crippen molar-refractivity contribution >= 4 is 0 Å². The van der Waals surface area contributed by atoms with E-state index in [2.05, 4.69) is 42.2 Å². The zero-order valence-electron chi connectivity index (χ0n) is 9.39. The van der Waals surface area contributed by atoms with E-state index >= 15 is 0 Å². The Hall–Kier alpha value is -0.860. The van der Waals surface area contributed by atoms with Gasteiger partial charge in [0.25, 0.3) is 0 Å². The Morgan fingerprint density at radius 3 is 2.80 bits per heavy atom. The predicted molar refractivity (Wildman–Crippen MR) is 63.5 cm³/mol. The van der Waals surface area contributed by atoms with Crippen LogP contribution in [0.4, 0.5) is 0 Å². The van der Waals surface area contributed by atoms with Gasteiger partial charge in [-0.2, -0.15) is 0 Å². The van der Waals surface area contributed by atoms with E-state index in [9.17, 15) is 0 Å². The van der Waals surface area contributed by atoms with Crippen LogP contribution in [0.3, 0.4) is 0 Å². The topological polar surface area (TPSA) is 29.3 Å². The lowest BCUT2D eigenvalue weighted by Gasteiger charge is -2.27. The predicted octanol–water partition coefficient (Wildman–Crippen LogP) is 2.00. The van der Waals surface area contributed by atoms with E-state index in [0.29, 0.717) is 6.04 Å². The molecule has 0 aromatic heterocycles. The Morgan fingerprint density at radius 2 is 2.13 bits per heavy atom. The molecule has 2 nitrogen and oxygen atoms in total. The Bertz CT molecular complexity index is 295. The summed E-state index contributed by atoms with van der Waals surface area (Å²) in [4.78, 5) is 2.51. The summed E-state index contributed by atoms with van der Waals surface area (Å²) in [5.41, 5.74) is 7.39. The third-order valence-corrected chi connectivity index (χ3v) is 3.25. The molecular weight excluding hydrogens is 184 g/mol. The van der Waals surface area contributed by atoms with Crippen LogP contribution in [0.25, 0.3) is 0 Å². The van der Waals surface area contributed by atoms with Crippen molar-refractivity contribution in [2.45, 2.75) is 38.4 Å². The second-order valence-electron chi connectivity index (χ2n) is 4.52. The van der Waals surface area contributed by atoms with Gasteiger partial charge < -0.3 is 5.73 Å². The largest absolute Gasteiger partial charge is 0.327 e. The minimum Gasteiger partial charge on any atom is -0.327 e. The van der Waals surface area contributed by atoms with Crippen LogP contribution in [-0.2, 0) is 6.54 Å². The van der Waals surface area contributed by atoms with Crippen LogP contribution in [0.5, 0.6) is 0 Å². The number of hydrogen-bond acceptors (Lipinski definition) is 2. The number of rotatable bonds is 3. The molecule has 2 N–H and O–H groups in total. The maximum absolute atomic E-state index is 6.00. The van der Waals surface area contributed by atoms with Crippen molar-refractivity contribution in [3.05, 3.63) is 35.9 Å².